The Kier molecular flexibility index (Phi) is 3.51. The van der Waals surface area contributed by atoms with E-state index in [1.165, 1.54) is 0 Å². The molecule has 1 atom stereocenters. The third kappa shape index (κ3) is 2.38. The van der Waals surface area contributed by atoms with Gasteiger partial charge in [0, 0.05) is 5.41 Å². The lowest BCUT2D eigenvalue weighted by molar-refractivity contribution is -0.144. The first-order valence-corrected chi connectivity index (χ1v) is 5.28. The van der Waals surface area contributed by atoms with Crippen LogP contribution in [0, 0.1) is 5.92 Å². The van der Waals surface area contributed by atoms with Crippen LogP contribution < -0.4 is 0 Å². The van der Waals surface area contributed by atoms with Gasteiger partial charge in [-0.05, 0) is 12.0 Å². The van der Waals surface area contributed by atoms with Gasteiger partial charge in [-0.2, -0.15) is 0 Å². The maximum absolute atomic E-state index is 11.2. The van der Waals surface area contributed by atoms with Crippen molar-refractivity contribution in [3.8, 4) is 0 Å². The van der Waals surface area contributed by atoms with Gasteiger partial charge >= 0.3 is 5.97 Å². The fourth-order valence-electron chi connectivity index (χ4n) is 2.06. The zero-order chi connectivity index (χ0) is 11.5. The van der Waals surface area contributed by atoms with Gasteiger partial charge in [0.25, 0.3) is 0 Å². The normalized spacial score (nSPS) is 13.5. The Balaban J connectivity index is 3.05. The Bertz CT molecular complexity index is 328. The summed E-state index contributed by atoms with van der Waals surface area (Å²) in [5, 5.41) is 9.17. The first-order chi connectivity index (χ1) is 7.00. The first-order valence-electron chi connectivity index (χ1n) is 5.28. The summed E-state index contributed by atoms with van der Waals surface area (Å²) in [6.45, 7) is 5.90. The smallest absolute Gasteiger partial charge is 0.307 e. The second kappa shape index (κ2) is 4.47. The number of rotatable bonds is 4. The van der Waals surface area contributed by atoms with Gasteiger partial charge in [-0.15, -0.1) is 0 Å². The van der Waals surface area contributed by atoms with E-state index in [1.54, 1.807) is 0 Å². The summed E-state index contributed by atoms with van der Waals surface area (Å²) in [6.07, 6.45) is 0.650. The monoisotopic (exact) mass is 206 g/mol. The van der Waals surface area contributed by atoms with E-state index in [1.807, 2.05) is 51.1 Å². The van der Waals surface area contributed by atoms with Gasteiger partial charge < -0.3 is 5.11 Å². The van der Waals surface area contributed by atoms with Gasteiger partial charge in [0.05, 0.1) is 5.92 Å². The van der Waals surface area contributed by atoms with Crippen molar-refractivity contribution in [3.63, 3.8) is 0 Å². The fourth-order valence-corrected chi connectivity index (χ4v) is 2.06. The predicted molar refractivity (Wildman–Crippen MR) is 60.9 cm³/mol. The molecule has 1 rings (SSSR count). The van der Waals surface area contributed by atoms with E-state index < -0.39 is 5.97 Å². The average Bonchev–Trinajstić information content (AvgIpc) is 2.19. The number of benzene rings is 1. The van der Waals surface area contributed by atoms with Crippen LogP contribution in [0.4, 0.5) is 0 Å². The van der Waals surface area contributed by atoms with Gasteiger partial charge in [-0.1, -0.05) is 51.1 Å². The van der Waals surface area contributed by atoms with Crippen molar-refractivity contribution in [1.82, 2.24) is 0 Å². The molecular weight excluding hydrogens is 188 g/mol. The molecule has 15 heavy (non-hydrogen) atoms. The number of carboxylic acids is 1. The van der Waals surface area contributed by atoms with Gasteiger partial charge in [0.15, 0.2) is 0 Å². The lowest BCUT2D eigenvalue weighted by Crippen LogP contribution is -2.34. The molecule has 2 heteroatoms. The highest BCUT2D eigenvalue weighted by Gasteiger charge is 2.34. The van der Waals surface area contributed by atoms with Crippen molar-refractivity contribution in [2.24, 2.45) is 5.92 Å². The SMILES string of the molecule is CC[C@H](C(=O)O)C(C)(C)c1ccccc1. The number of hydrogen-bond donors (Lipinski definition) is 1. The number of aliphatic carboxylic acids is 1. The van der Waals surface area contributed by atoms with Crippen molar-refractivity contribution in [3.05, 3.63) is 35.9 Å². The third-order valence-corrected chi connectivity index (χ3v) is 3.10. The zero-order valence-corrected chi connectivity index (χ0v) is 9.53. The van der Waals surface area contributed by atoms with Gasteiger partial charge in [0.1, 0.15) is 0 Å². The highest BCUT2D eigenvalue weighted by atomic mass is 16.4. The van der Waals surface area contributed by atoms with E-state index in [0.717, 1.165) is 5.56 Å². The summed E-state index contributed by atoms with van der Waals surface area (Å²) in [7, 11) is 0. The molecule has 0 bridgehead atoms. The van der Waals surface area contributed by atoms with Gasteiger partial charge in [0.2, 0.25) is 0 Å². The van der Waals surface area contributed by atoms with E-state index >= 15 is 0 Å². The van der Waals surface area contributed by atoms with Gasteiger partial charge in [-0.3, -0.25) is 4.79 Å². The van der Waals surface area contributed by atoms with Crippen molar-refractivity contribution in [1.29, 1.82) is 0 Å². The predicted octanol–water partition coefficient (Wildman–Crippen LogP) is 3.08. The van der Waals surface area contributed by atoms with Gasteiger partial charge in [-0.25, -0.2) is 0 Å². The van der Waals surface area contributed by atoms with Crippen LogP contribution in [0.5, 0.6) is 0 Å². The maximum atomic E-state index is 11.2. The Morgan fingerprint density at radius 2 is 1.87 bits per heavy atom. The van der Waals surface area contributed by atoms with Crippen LogP contribution in [0.2, 0.25) is 0 Å². The molecule has 0 saturated heterocycles. The summed E-state index contributed by atoms with van der Waals surface area (Å²) in [4.78, 5) is 11.2. The highest BCUT2D eigenvalue weighted by molar-refractivity contribution is 5.72. The molecule has 0 radical (unpaired) electrons. The lowest BCUT2D eigenvalue weighted by atomic mass is 9.72. The first kappa shape index (κ1) is 11.8. The molecule has 0 aliphatic carbocycles. The summed E-state index contributed by atoms with van der Waals surface area (Å²) in [5.41, 5.74) is 0.765. The molecule has 0 aliphatic rings. The number of hydrogen-bond acceptors (Lipinski definition) is 1. The van der Waals surface area contributed by atoms with E-state index in [2.05, 4.69) is 0 Å². The maximum Gasteiger partial charge on any atom is 0.307 e. The van der Waals surface area contributed by atoms with E-state index in [4.69, 9.17) is 0 Å². The Labute approximate surface area is 90.9 Å². The second-order valence-electron chi connectivity index (χ2n) is 4.39. The molecule has 1 N–H and O–H groups in total. The molecule has 0 aromatic heterocycles. The molecule has 0 saturated carbocycles. The van der Waals surface area contributed by atoms with Crippen LogP contribution in [0.25, 0.3) is 0 Å². The van der Waals surface area contributed by atoms with E-state index in [0.29, 0.717) is 6.42 Å². The molecule has 1 aromatic carbocycles. The zero-order valence-electron chi connectivity index (χ0n) is 9.53. The van der Waals surface area contributed by atoms with Crippen molar-refractivity contribution < 1.29 is 9.90 Å². The molecule has 0 amide bonds. The molecule has 2 nitrogen and oxygen atoms in total. The summed E-state index contributed by atoms with van der Waals surface area (Å²) in [5.74, 6) is -1.05. The fraction of sp³-hybridized carbons (Fsp3) is 0.462. The number of carbonyl (C=O) groups is 1. The van der Waals surface area contributed by atoms with Crippen molar-refractivity contribution >= 4 is 5.97 Å². The van der Waals surface area contributed by atoms with Crippen LogP contribution in [0.1, 0.15) is 32.8 Å². The Hall–Kier alpha value is -1.31. The van der Waals surface area contributed by atoms with Crippen LogP contribution in [-0.4, -0.2) is 11.1 Å². The van der Waals surface area contributed by atoms with Crippen molar-refractivity contribution in [2.45, 2.75) is 32.6 Å². The second-order valence-corrected chi connectivity index (χ2v) is 4.39. The number of carboxylic acid groups (broad SMARTS) is 1. The van der Waals surface area contributed by atoms with Crippen molar-refractivity contribution in [2.75, 3.05) is 0 Å². The minimum Gasteiger partial charge on any atom is -0.481 e. The molecule has 0 heterocycles. The molecule has 0 fully saturated rings. The van der Waals surface area contributed by atoms with Crippen LogP contribution in [0.15, 0.2) is 30.3 Å². The summed E-state index contributed by atoms with van der Waals surface area (Å²) in [6, 6.07) is 9.83. The molecule has 0 aliphatic heterocycles. The third-order valence-electron chi connectivity index (χ3n) is 3.10. The minimum absolute atomic E-state index is 0.318. The largest absolute Gasteiger partial charge is 0.481 e. The Morgan fingerprint density at radius 1 is 1.33 bits per heavy atom. The van der Waals surface area contributed by atoms with E-state index in [9.17, 15) is 9.90 Å². The van der Waals surface area contributed by atoms with Crippen LogP contribution in [-0.2, 0) is 10.2 Å². The lowest BCUT2D eigenvalue weighted by Gasteiger charge is -2.31. The molecule has 1 aromatic rings. The standard InChI is InChI=1S/C13H18O2/c1-4-11(12(14)15)13(2,3)10-8-6-5-7-9-10/h5-9,11H,4H2,1-3H3,(H,14,15)/t11-/m1/s1. The summed E-state index contributed by atoms with van der Waals surface area (Å²) < 4.78 is 0. The molecule has 0 spiro atoms. The molecule has 0 unspecified atom stereocenters. The topological polar surface area (TPSA) is 37.3 Å². The minimum atomic E-state index is -0.716. The molecule has 82 valence electrons. The average molecular weight is 206 g/mol. The van der Waals surface area contributed by atoms with Crippen LogP contribution >= 0.6 is 0 Å². The van der Waals surface area contributed by atoms with Crippen LogP contribution in [0.3, 0.4) is 0 Å². The molecular formula is C13H18O2. The Morgan fingerprint density at radius 3 is 2.27 bits per heavy atom. The highest BCUT2D eigenvalue weighted by Crippen LogP contribution is 2.33. The quantitative estimate of drug-likeness (QED) is 0.822. The van der Waals surface area contributed by atoms with E-state index in [-0.39, 0.29) is 11.3 Å². The summed E-state index contributed by atoms with van der Waals surface area (Å²) >= 11 is 0.